The first kappa shape index (κ1) is 17.1. The van der Waals surface area contributed by atoms with Crippen molar-refractivity contribution in [2.75, 3.05) is 59.3 Å². The summed E-state index contributed by atoms with van der Waals surface area (Å²) in [5, 5.41) is 0. The Morgan fingerprint density at radius 3 is 2.32 bits per heavy atom. The number of para-hydroxylation sites is 2. The fourth-order valence-corrected chi connectivity index (χ4v) is 2.34. The fourth-order valence-electron chi connectivity index (χ4n) is 2.34. The quantitative estimate of drug-likeness (QED) is 0.649. The number of hydrogen-bond donors (Lipinski definition) is 1. The molecule has 22 heavy (non-hydrogen) atoms. The normalized spacial score (nSPS) is 15.7. The first-order valence-corrected chi connectivity index (χ1v) is 8.24. The molecule has 1 aromatic rings. The van der Waals surface area contributed by atoms with E-state index < -0.39 is 0 Å². The van der Waals surface area contributed by atoms with Crippen LogP contribution in [0, 0.1) is 0 Å². The summed E-state index contributed by atoms with van der Waals surface area (Å²) >= 11 is 0. The van der Waals surface area contributed by atoms with Gasteiger partial charge in [0.25, 0.3) is 0 Å². The Kier molecular flexibility index (Phi) is 8.09. The zero-order valence-corrected chi connectivity index (χ0v) is 13.5. The average Bonchev–Trinajstić information content (AvgIpc) is 2.58. The molecule has 0 unspecified atom stereocenters. The molecule has 1 fully saturated rings. The van der Waals surface area contributed by atoms with Crippen molar-refractivity contribution in [3.8, 4) is 11.5 Å². The van der Waals surface area contributed by atoms with E-state index in [4.69, 9.17) is 18.9 Å². The SMILES string of the molecule is CCCOc1ccccc1OCCOCC[NH+]1CCOCC1. The third kappa shape index (κ3) is 6.22. The number of quaternary nitrogens is 1. The van der Waals surface area contributed by atoms with E-state index in [1.807, 2.05) is 24.3 Å². The topological polar surface area (TPSA) is 41.4 Å². The van der Waals surface area contributed by atoms with Crippen LogP contribution in [0.2, 0.25) is 0 Å². The predicted octanol–water partition coefficient (Wildman–Crippen LogP) is 0.786. The molecule has 2 rings (SSSR count). The van der Waals surface area contributed by atoms with Gasteiger partial charge in [0.05, 0.1) is 33.0 Å². The second-order valence-corrected chi connectivity index (χ2v) is 5.37. The van der Waals surface area contributed by atoms with Crippen molar-refractivity contribution in [1.82, 2.24) is 0 Å². The standard InChI is InChI=1S/C17H27NO4/c1-2-10-21-16-5-3-4-6-17(16)22-15-14-20-13-9-18-7-11-19-12-8-18/h3-6H,2,7-15H2,1H3/p+1. The van der Waals surface area contributed by atoms with Crippen LogP contribution < -0.4 is 14.4 Å². The summed E-state index contributed by atoms with van der Waals surface area (Å²) in [4.78, 5) is 1.56. The average molecular weight is 310 g/mol. The molecule has 0 radical (unpaired) electrons. The molecule has 1 aliphatic rings. The van der Waals surface area contributed by atoms with Crippen LogP contribution in [0.25, 0.3) is 0 Å². The van der Waals surface area contributed by atoms with Gasteiger partial charge in [0, 0.05) is 0 Å². The highest BCUT2D eigenvalue weighted by Crippen LogP contribution is 2.26. The Morgan fingerprint density at radius 1 is 0.955 bits per heavy atom. The van der Waals surface area contributed by atoms with Gasteiger partial charge in [-0.3, -0.25) is 0 Å². The Labute approximate surface area is 133 Å². The van der Waals surface area contributed by atoms with Crippen molar-refractivity contribution in [3.05, 3.63) is 24.3 Å². The zero-order valence-electron chi connectivity index (χ0n) is 13.5. The number of ether oxygens (including phenoxy) is 4. The molecule has 124 valence electrons. The molecule has 5 heteroatoms. The molecule has 0 aromatic heterocycles. The van der Waals surface area contributed by atoms with Crippen molar-refractivity contribution in [2.24, 2.45) is 0 Å². The van der Waals surface area contributed by atoms with Crippen molar-refractivity contribution < 1.29 is 23.8 Å². The van der Waals surface area contributed by atoms with E-state index in [1.54, 1.807) is 4.90 Å². The summed E-state index contributed by atoms with van der Waals surface area (Å²) in [6.45, 7) is 9.67. The largest absolute Gasteiger partial charge is 0.490 e. The highest BCUT2D eigenvalue weighted by molar-refractivity contribution is 5.39. The first-order chi connectivity index (χ1) is 10.9. The van der Waals surface area contributed by atoms with Gasteiger partial charge in [-0.25, -0.2) is 0 Å². The van der Waals surface area contributed by atoms with Gasteiger partial charge in [0.1, 0.15) is 26.2 Å². The van der Waals surface area contributed by atoms with Gasteiger partial charge in [-0.05, 0) is 18.6 Å². The number of hydrogen-bond acceptors (Lipinski definition) is 4. The maximum absolute atomic E-state index is 5.75. The van der Waals surface area contributed by atoms with E-state index in [9.17, 15) is 0 Å². The zero-order chi connectivity index (χ0) is 15.5. The van der Waals surface area contributed by atoms with Crippen LogP contribution in [-0.2, 0) is 9.47 Å². The van der Waals surface area contributed by atoms with Crippen molar-refractivity contribution in [1.29, 1.82) is 0 Å². The summed E-state index contributed by atoms with van der Waals surface area (Å²) in [5.74, 6) is 1.60. The summed E-state index contributed by atoms with van der Waals surface area (Å²) in [5.41, 5.74) is 0. The smallest absolute Gasteiger partial charge is 0.161 e. The molecule has 0 amide bonds. The molecule has 0 saturated carbocycles. The van der Waals surface area contributed by atoms with Crippen LogP contribution in [0.15, 0.2) is 24.3 Å². The summed E-state index contributed by atoms with van der Waals surface area (Å²) in [7, 11) is 0. The van der Waals surface area contributed by atoms with Crippen molar-refractivity contribution in [2.45, 2.75) is 13.3 Å². The third-order valence-corrected chi connectivity index (χ3v) is 3.60. The van der Waals surface area contributed by atoms with E-state index in [0.717, 1.165) is 57.4 Å². The van der Waals surface area contributed by atoms with E-state index >= 15 is 0 Å². The Bertz CT molecular complexity index is 407. The Balaban J connectivity index is 1.58. The number of morpholine rings is 1. The molecule has 1 heterocycles. The van der Waals surface area contributed by atoms with Crippen LogP contribution in [0.4, 0.5) is 0 Å². The molecule has 0 atom stereocenters. The molecule has 1 aromatic carbocycles. The molecule has 0 spiro atoms. The highest BCUT2D eigenvalue weighted by atomic mass is 16.5. The highest BCUT2D eigenvalue weighted by Gasteiger charge is 2.12. The molecule has 1 saturated heterocycles. The minimum Gasteiger partial charge on any atom is -0.490 e. The number of rotatable bonds is 10. The Hall–Kier alpha value is -1.30. The first-order valence-electron chi connectivity index (χ1n) is 8.24. The monoisotopic (exact) mass is 310 g/mol. The molecule has 1 N–H and O–H groups in total. The van der Waals surface area contributed by atoms with Gasteiger partial charge in [-0.15, -0.1) is 0 Å². The maximum atomic E-state index is 5.75. The van der Waals surface area contributed by atoms with E-state index in [0.29, 0.717) is 19.8 Å². The minimum atomic E-state index is 0.547. The van der Waals surface area contributed by atoms with Crippen LogP contribution in [0.5, 0.6) is 11.5 Å². The molecule has 1 aliphatic heterocycles. The van der Waals surface area contributed by atoms with Crippen LogP contribution >= 0.6 is 0 Å². The second-order valence-electron chi connectivity index (χ2n) is 5.37. The third-order valence-electron chi connectivity index (χ3n) is 3.60. The molecule has 5 nitrogen and oxygen atoms in total. The van der Waals surface area contributed by atoms with Gasteiger partial charge in [0.15, 0.2) is 11.5 Å². The summed E-state index contributed by atoms with van der Waals surface area (Å²) in [6.07, 6.45) is 0.987. The van der Waals surface area contributed by atoms with Gasteiger partial charge < -0.3 is 23.8 Å². The molecular formula is C17H28NO4+. The number of benzene rings is 1. The lowest BCUT2D eigenvalue weighted by Crippen LogP contribution is -3.14. The predicted molar refractivity (Wildman–Crippen MR) is 84.9 cm³/mol. The lowest BCUT2D eigenvalue weighted by atomic mass is 10.3. The molecule has 0 bridgehead atoms. The molecule has 0 aliphatic carbocycles. The van der Waals surface area contributed by atoms with E-state index in [1.165, 1.54) is 0 Å². The van der Waals surface area contributed by atoms with Crippen molar-refractivity contribution in [3.63, 3.8) is 0 Å². The van der Waals surface area contributed by atoms with Crippen LogP contribution in [0.1, 0.15) is 13.3 Å². The summed E-state index contributed by atoms with van der Waals surface area (Å²) in [6, 6.07) is 7.78. The van der Waals surface area contributed by atoms with Gasteiger partial charge in [-0.2, -0.15) is 0 Å². The van der Waals surface area contributed by atoms with Crippen LogP contribution in [0.3, 0.4) is 0 Å². The minimum absolute atomic E-state index is 0.547. The van der Waals surface area contributed by atoms with E-state index in [2.05, 4.69) is 6.92 Å². The van der Waals surface area contributed by atoms with E-state index in [-0.39, 0.29) is 0 Å². The number of nitrogens with one attached hydrogen (secondary N) is 1. The second kappa shape index (κ2) is 10.4. The van der Waals surface area contributed by atoms with Crippen molar-refractivity contribution >= 4 is 0 Å². The van der Waals surface area contributed by atoms with Crippen LogP contribution in [-0.4, -0.2) is 59.3 Å². The van der Waals surface area contributed by atoms with Gasteiger partial charge in [0.2, 0.25) is 0 Å². The van der Waals surface area contributed by atoms with Gasteiger partial charge >= 0.3 is 0 Å². The lowest BCUT2D eigenvalue weighted by Gasteiger charge is -2.23. The lowest BCUT2D eigenvalue weighted by molar-refractivity contribution is -0.908. The van der Waals surface area contributed by atoms with Gasteiger partial charge in [-0.1, -0.05) is 19.1 Å². The fraction of sp³-hybridized carbons (Fsp3) is 0.647. The Morgan fingerprint density at radius 2 is 1.64 bits per heavy atom. The molecular weight excluding hydrogens is 282 g/mol. The summed E-state index contributed by atoms with van der Waals surface area (Å²) < 4.78 is 22.4. The maximum Gasteiger partial charge on any atom is 0.161 e.